The highest BCUT2D eigenvalue weighted by Crippen LogP contribution is 2.50. The molecule has 0 aliphatic heterocycles. The average Bonchev–Trinajstić information content (AvgIpc) is 3.58. The van der Waals surface area contributed by atoms with Gasteiger partial charge in [-0.15, -0.1) is 0 Å². The number of fused-ring (bicyclic) bond motifs is 15. The Hall–Kier alpha value is -4.57. The van der Waals surface area contributed by atoms with Gasteiger partial charge in [0.25, 0.3) is 0 Å². The number of pyridine rings is 3. The molecule has 4 aromatic heterocycles. The van der Waals surface area contributed by atoms with Crippen molar-refractivity contribution in [1.82, 2.24) is 19.4 Å². The highest BCUT2D eigenvalue weighted by atomic mass is 15.0. The Kier molecular flexibility index (Phi) is 3.11. The van der Waals surface area contributed by atoms with Crippen molar-refractivity contribution >= 4 is 38.4 Å². The molecule has 0 atom stereocenters. The summed E-state index contributed by atoms with van der Waals surface area (Å²) in [5, 5.41) is 3.53. The molecule has 7 aromatic rings. The molecule has 4 nitrogen and oxygen atoms in total. The highest BCUT2D eigenvalue weighted by molar-refractivity contribution is 6.15. The number of nitrogens with zero attached hydrogens (tertiary/aromatic N) is 4. The van der Waals surface area contributed by atoms with Gasteiger partial charge in [-0.25, -0.2) is 4.98 Å². The van der Waals surface area contributed by atoms with Crippen LogP contribution < -0.4 is 0 Å². The fourth-order valence-electron chi connectivity index (χ4n) is 6.51. The lowest BCUT2D eigenvalue weighted by atomic mass is 9.92. The first-order chi connectivity index (χ1) is 17.3. The van der Waals surface area contributed by atoms with Crippen LogP contribution in [0.25, 0.3) is 60.6 Å². The predicted octanol–water partition coefficient (Wildman–Crippen LogP) is 6.73. The molecule has 0 amide bonds. The van der Waals surface area contributed by atoms with Crippen molar-refractivity contribution in [1.29, 1.82) is 0 Å². The van der Waals surface area contributed by atoms with E-state index in [1.807, 2.05) is 30.9 Å². The van der Waals surface area contributed by atoms with Gasteiger partial charge in [0.1, 0.15) is 11.2 Å². The summed E-state index contributed by atoms with van der Waals surface area (Å²) in [6, 6.07) is 22.5. The fourth-order valence-corrected chi connectivity index (χ4v) is 6.51. The first-order valence-corrected chi connectivity index (χ1v) is 12.0. The lowest BCUT2D eigenvalue weighted by molar-refractivity contribution is 1.23. The summed E-state index contributed by atoms with van der Waals surface area (Å²) < 4.78 is 2.27. The summed E-state index contributed by atoms with van der Waals surface area (Å²) >= 11 is 0. The van der Waals surface area contributed by atoms with E-state index in [0.717, 1.165) is 45.8 Å². The van der Waals surface area contributed by atoms with Crippen LogP contribution in [0, 0.1) is 0 Å². The molecule has 0 unspecified atom stereocenters. The smallest absolute Gasteiger partial charge is 0.146 e. The normalized spacial score (nSPS) is 13.5. The van der Waals surface area contributed by atoms with Crippen molar-refractivity contribution in [3.05, 3.63) is 108 Å². The van der Waals surface area contributed by atoms with E-state index in [9.17, 15) is 0 Å². The monoisotopic (exact) mass is 446 g/mol. The van der Waals surface area contributed by atoms with Crippen LogP contribution in [0.3, 0.4) is 0 Å². The summed E-state index contributed by atoms with van der Waals surface area (Å²) in [5.74, 6) is 0. The van der Waals surface area contributed by atoms with E-state index in [1.165, 1.54) is 49.9 Å². The summed E-state index contributed by atoms with van der Waals surface area (Å²) in [7, 11) is 0. The van der Waals surface area contributed by atoms with E-state index in [4.69, 9.17) is 4.98 Å². The van der Waals surface area contributed by atoms with Gasteiger partial charge in [0.15, 0.2) is 0 Å². The molecule has 0 fully saturated rings. The zero-order chi connectivity index (χ0) is 22.7. The Labute approximate surface area is 200 Å². The maximum Gasteiger partial charge on any atom is 0.146 e. The SMILES string of the molecule is c1ccc2c(c1)Cc1ccc3c(c1-2)-c1cc2c(cc1C3)c1cnccc1n1c3ccncc3nc21. The van der Waals surface area contributed by atoms with E-state index < -0.39 is 0 Å². The van der Waals surface area contributed by atoms with Gasteiger partial charge in [0.05, 0.1) is 17.2 Å². The minimum Gasteiger partial charge on any atom is -0.291 e. The Bertz CT molecular complexity index is 2070. The number of benzene rings is 3. The second-order valence-electron chi connectivity index (χ2n) is 9.73. The van der Waals surface area contributed by atoms with Crippen LogP contribution in [0.15, 0.2) is 85.5 Å². The van der Waals surface area contributed by atoms with Crippen LogP contribution in [-0.2, 0) is 12.8 Å². The zero-order valence-corrected chi connectivity index (χ0v) is 18.8. The molecular formula is C31H18N4. The van der Waals surface area contributed by atoms with Gasteiger partial charge < -0.3 is 0 Å². The standard InChI is InChI=1S/C31H18N4/c1-2-4-21-17(3-1)11-18-5-6-19-12-20-13-23-24(14-22(20)30(19)29(18)21)31-34-26-16-33-10-8-28(26)35(31)27-7-9-32-15-25(23)27/h1-10,13-16H,11-12H2. The van der Waals surface area contributed by atoms with Gasteiger partial charge in [0, 0.05) is 29.4 Å². The van der Waals surface area contributed by atoms with Crippen molar-refractivity contribution in [2.75, 3.05) is 0 Å². The Balaban J connectivity index is 1.45. The molecule has 0 saturated heterocycles. The number of hydrogen-bond donors (Lipinski definition) is 0. The van der Waals surface area contributed by atoms with Crippen LogP contribution in [0.5, 0.6) is 0 Å². The Morgan fingerprint density at radius 3 is 2.29 bits per heavy atom. The van der Waals surface area contributed by atoms with Gasteiger partial charge >= 0.3 is 0 Å². The van der Waals surface area contributed by atoms with Crippen LogP contribution in [0.1, 0.15) is 22.3 Å². The third-order valence-electron chi connectivity index (χ3n) is 7.97. The van der Waals surface area contributed by atoms with Gasteiger partial charge in [0.2, 0.25) is 0 Å². The highest BCUT2D eigenvalue weighted by Gasteiger charge is 2.29. The number of imidazole rings is 1. The first-order valence-electron chi connectivity index (χ1n) is 12.0. The van der Waals surface area contributed by atoms with E-state index in [2.05, 4.69) is 69.0 Å². The van der Waals surface area contributed by atoms with Crippen molar-refractivity contribution in [3.63, 3.8) is 0 Å². The number of hydrogen-bond acceptors (Lipinski definition) is 3. The largest absolute Gasteiger partial charge is 0.291 e. The lowest BCUT2D eigenvalue weighted by Gasteiger charge is -2.13. The molecule has 2 aliphatic carbocycles. The molecule has 162 valence electrons. The first kappa shape index (κ1) is 17.8. The predicted molar refractivity (Wildman–Crippen MR) is 140 cm³/mol. The second-order valence-corrected chi connectivity index (χ2v) is 9.73. The van der Waals surface area contributed by atoms with E-state index >= 15 is 0 Å². The maximum absolute atomic E-state index is 5.06. The van der Waals surface area contributed by atoms with Crippen LogP contribution in [0.2, 0.25) is 0 Å². The molecule has 0 N–H and O–H groups in total. The number of rotatable bonds is 0. The fraction of sp³-hybridized carbons (Fsp3) is 0.0645. The summed E-state index contributed by atoms with van der Waals surface area (Å²) in [6.07, 6.45) is 9.53. The molecule has 2 aliphatic rings. The molecule has 0 spiro atoms. The van der Waals surface area contributed by atoms with E-state index in [0.29, 0.717) is 0 Å². The second kappa shape index (κ2) is 6.10. The van der Waals surface area contributed by atoms with Gasteiger partial charge in [-0.2, -0.15) is 0 Å². The molecule has 9 rings (SSSR count). The Morgan fingerprint density at radius 1 is 0.600 bits per heavy atom. The topological polar surface area (TPSA) is 43.1 Å². The molecule has 0 radical (unpaired) electrons. The third kappa shape index (κ3) is 2.15. The number of aromatic nitrogens is 4. The van der Waals surface area contributed by atoms with E-state index in [1.54, 1.807) is 0 Å². The third-order valence-corrected chi connectivity index (χ3v) is 7.97. The van der Waals surface area contributed by atoms with Gasteiger partial charge in [-0.05, 0) is 87.0 Å². The van der Waals surface area contributed by atoms with E-state index in [-0.39, 0.29) is 0 Å². The van der Waals surface area contributed by atoms with Gasteiger partial charge in [-0.3, -0.25) is 14.4 Å². The van der Waals surface area contributed by atoms with Crippen LogP contribution in [-0.4, -0.2) is 19.4 Å². The quantitative estimate of drug-likeness (QED) is 0.243. The molecule has 35 heavy (non-hydrogen) atoms. The zero-order valence-electron chi connectivity index (χ0n) is 18.8. The molecule has 0 bridgehead atoms. The van der Waals surface area contributed by atoms with Crippen molar-refractivity contribution < 1.29 is 0 Å². The van der Waals surface area contributed by atoms with Gasteiger partial charge in [-0.1, -0.05) is 36.4 Å². The molecule has 4 heterocycles. The summed E-state index contributed by atoms with van der Waals surface area (Å²) in [5.41, 5.74) is 15.3. The average molecular weight is 447 g/mol. The molecule has 4 heteroatoms. The van der Waals surface area contributed by atoms with Crippen LogP contribution >= 0.6 is 0 Å². The summed E-state index contributed by atoms with van der Waals surface area (Å²) in [6.45, 7) is 0. The van der Waals surface area contributed by atoms with Crippen LogP contribution in [0.4, 0.5) is 0 Å². The molecule has 0 saturated carbocycles. The molecular weight excluding hydrogens is 428 g/mol. The minimum absolute atomic E-state index is 0.911. The van der Waals surface area contributed by atoms with Crippen molar-refractivity contribution in [2.24, 2.45) is 0 Å². The Morgan fingerprint density at radius 2 is 1.37 bits per heavy atom. The van der Waals surface area contributed by atoms with Crippen molar-refractivity contribution in [2.45, 2.75) is 12.8 Å². The molecule has 3 aromatic carbocycles. The van der Waals surface area contributed by atoms with Crippen molar-refractivity contribution in [3.8, 4) is 22.3 Å². The minimum atomic E-state index is 0.911. The maximum atomic E-state index is 5.06. The summed E-state index contributed by atoms with van der Waals surface area (Å²) in [4.78, 5) is 13.9. The lowest BCUT2D eigenvalue weighted by Crippen LogP contribution is -1.93.